The van der Waals surface area contributed by atoms with Crippen LogP contribution in [0.4, 0.5) is 10.1 Å². The number of hydrogen-bond donors (Lipinski definition) is 2. The number of rotatable bonds is 10. The van der Waals surface area contributed by atoms with Crippen LogP contribution in [0.15, 0.2) is 90.1 Å². The Labute approximate surface area is 241 Å². The minimum atomic E-state index is -0.526. The zero-order valence-electron chi connectivity index (χ0n) is 22.1. The Bertz CT molecular complexity index is 1590. The third-order valence-electron chi connectivity index (χ3n) is 6.90. The number of benzene rings is 3. The molecule has 3 N–H and O–H groups in total. The van der Waals surface area contributed by atoms with Crippen molar-refractivity contribution in [2.24, 2.45) is 11.7 Å². The maximum Gasteiger partial charge on any atom is 0.309 e. The molecule has 1 unspecified atom stereocenters. The normalized spacial score (nSPS) is 14.5. The van der Waals surface area contributed by atoms with E-state index in [1.54, 1.807) is 48.2 Å². The Hall–Kier alpha value is -4.34. The second kappa shape index (κ2) is 12.9. The molecule has 5 rings (SSSR count). The fourth-order valence-electron chi connectivity index (χ4n) is 4.57. The van der Waals surface area contributed by atoms with Crippen molar-refractivity contribution in [1.82, 2.24) is 4.98 Å². The molecule has 1 fully saturated rings. The summed E-state index contributed by atoms with van der Waals surface area (Å²) in [6.07, 6.45) is 3.20. The van der Waals surface area contributed by atoms with Crippen molar-refractivity contribution in [2.75, 3.05) is 17.7 Å². The number of nitrogens with zero attached hydrogens (tertiary/aromatic N) is 1. The molecule has 1 aromatic heterocycles. The number of cyclic esters (lactones) is 1. The molecule has 0 bridgehead atoms. The number of aromatic nitrogens is 1. The maximum absolute atomic E-state index is 14.0. The first-order chi connectivity index (χ1) is 19.9. The predicted octanol–water partition coefficient (Wildman–Crippen LogP) is 5.68. The number of hydrogen-bond acceptors (Lipinski definition) is 7. The van der Waals surface area contributed by atoms with Gasteiger partial charge in [-0.2, -0.15) is 0 Å². The summed E-state index contributed by atoms with van der Waals surface area (Å²) in [5.41, 5.74) is 10.1. The highest BCUT2D eigenvalue weighted by molar-refractivity contribution is 7.99. The van der Waals surface area contributed by atoms with E-state index in [0.29, 0.717) is 29.2 Å². The average Bonchev–Trinajstić information content (AvgIpc) is 3.42. The zero-order valence-corrected chi connectivity index (χ0v) is 23.0. The van der Waals surface area contributed by atoms with Gasteiger partial charge in [0.1, 0.15) is 5.82 Å². The Morgan fingerprint density at radius 2 is 1.85 bits per heavy atom. The van der Waals surface area contributed by atoms with Crippen molar-refractivity contribution >= 4 is 35.1 Å². The molecule has 1 saturated heterocycles. The van der Waals surface area contributed by atoms with E-state index in [1.807, 2.05) is 30.3 Å². The Kier molecular flexibility index (Phi) is 8.86. The van der Waals surface area contributed by atoms with Crippen LogP contribution in [0.1, 0.15) is 38.3 Å². The molecule has 2 heterocycles. The van der Waals surface area contributed by atoms with Gasteiger partial charge in [0.2, 0.25) is 0 Å². The number of carbonyl (C=O) groups is 3. The van der Waals surface area contributed by atoms with Crippen LogP contribution in [0.3, 0.4) is 0 Å². The highest BCUT2D eigenvalue weighted by Crippen LogP contribution is 2.29. The predicted molar refractivity (Wildman–Crippen MR) is 156 cm³/mol. The van der Waals surface area contributed by atoms with E-state index in [0.717, 1.165) is 34.2 Å². The second-order valence-corrected chi connectivity index (χ2v) is 10.8. The van der Waals surface area contributed by atoms with E-state index < -0.39 is 5.82 Å². The van der Waals surface area contributed by atoms with Crippen LogP contribution >= 0.6 is 11.8 Å². The summed E-state index contributed by atoms with van der Waals surface area (Å²) in [7, 11) is 0. The Morgan fingerprint density at radius 1 is 1.02 bits per heavy atom. The molecule has 0 radical (unpaired) electrons. The number of thioether (sulfide) groups is 1. The van der Waals surface area contributed by atoms with E-state index in [1.165, 1.54) is 12.3 Å². The minimum Gasteiger partial charge on any atom is -0.465 e. The molecule has 41 heavy (non-hydrogen) atoms. The number of halogens is 1. The molecule has 1 amide bonds. The summed E-state index contributed by atoms with van der Waals surface area (Å²) >= 11 is 1.58. The lowest BCUT2D eigenvalue weighted by atomic mass is 9.93. The number of nitrogens with two attached hydrogens (primary N) is 1. The monoisotopic (exact) mass is 569 g/mol. The van der Waals surface area contributed by atoms with Crippen LogP contribution < -0.4 is 11.1 Å². The van der Waals surface area contributed by atoms with Gasteiger partial charge in [0.25, 0.3) is 5.91 Å². The molecule has 208 valence electrons. The summed E-state index contributed by atoms with van der Waals surface area (Å²) in [6, 6.07) is 21.3. The van der Waals surface area contributed by atoms with Crippen LogP contribution in [0.5, 0.6) is 0 Å². The SMILES string of the molecule is NCc1ccc(C(=O)Cc2ccncc2F)cc1-c1cccc(C(=O)Nc2ccc(SCC3CCOC3=O)cc2)c1. The summed E-state index contributed by atoms with van der Waals surface area (Å²) in [6.45, 7) is 0.729. The number of ether oxygens (including phenoxy) is 1. The van der Waals surface area contributed by atoms with Crippen LogP contribution in [-0.4, -0.2) is 35.0 Å². The van der Waals surface area contributed by atoms with Crippen LogP contribution in [0.25, 0.3) is 11.1 Å². The van der Waals surface area contributed by atoms with Gasteiger partial charge in [-0.15, -0.1) is 11.8 Å². The van der Waals surface area contributed by atoms with Crippen molar-refractivity contribution in [2.45, 2.75) is 24.3 Å². The number of esters is 1. The van der Waals surface area contributed by atoms with Gasteiger partial charge in [-0.1, -0.05) is 24.3 Å². The number of amides is 1. The fourth-order valence-corrected chi connectivity index (χ4v) is 5.60. The fraction of sp³-hybridized carbons (Fsp3) is 0.188. The van der Waals surface area contributed by atoms with Crippen LogP contribution in [-0.2, 0) is 22.5 Å². The van der Waals surface area contributed by atoms with E-state index in [9.17, 15) is 18.8 Å². The van der Waals surface area contributed by atoms with Gasteiger partial charge in [0.05, 0.1) is 18.7 Å². The summed E-state index contributed by atoms with van der Waals surface area (Å²) < 4.78 is 19.1. The van der Waals surface area contributed by atoms with Crippen LogP contribution in [0, 0.1) is 11.7 Å². The maximum atomic E-state index is 14.0. The third kappa shape index (κ3) is 6.87. The summed E-state index contributed by atoms with van der Waals surface area (Å²) in [4.78, 5) is 42.5. The molecule has 9 heteroatoms. The number of ketones is 1. The molecule has 4 aromatic rings. The Balaban J connectivity index is 1.29. The van der Waals surface area contributed by atoms with Crippen LogP contribution in [0.2, 0.25) is 0 Å². The number of Topliss-reactive ketones (excluding diaryl/α,β-unsaturated/α-hetero) is 1. The van der Waals surface area contributed by atoms with Crippen molar-refractivity contribution in [3.8, 4) is 11.1 Å². The largest absolute Gasteiger partial charge is 0.465 e. The van der Waals surface area contributed by atoms with Gasteiger partial charge in [-0.25, -0.2) is 4.39 Å². The Morgan fingerprint density at radius 3 is 2.59 bits per heavy atom. The van der Waals surface area contributed by atoms with E-state index in [-0.39, 0.29) is 42.1 Å². The first-order valence-electron chi connectivity index (χ1n) is 13.2. The number of pyridine rings is 1. The van der Waals surface area contributed by atoms with Crippen molar-refractivity contribution < 1.29 is 23.5 Å². The number of carbonyl (C=O) groups excluding carboxylic acids is 3. The highest BCUT2D eigenvalue weighted by atomic mass is 32.2. The van der Waals surface area contributed by atoms with Crippen molar-refractivity contribution in [1.29, 1.82) is 0 Å². The molecule has 0 saturated carbocycles. The second-order valence-electron chi connectivity index (χ2n) is 9.67. The lowest BCUT2D eigenvalue weighted by Gasteiger charge is -2.13. The summed E-state index contributed by atoms with van der Waals surface area (Å²) in [5, 5.41) is 2.92. The minimum absolute atomic E-state index is 0.0744. The molecule has 7 nitrogen and oxygen atoms in total. The summed E-state index contributed by atoms with van der Waals surface area (Å²) in [5.74, 6) is -0.595. The molecular formula is C32H28FN3O4S. The topological polar surface area (TPSA) is 111 Å². The molecule has 3 aromatic carbocycles. The van der Waals surface area contributed by atoms with Gasteiger partial charge in [0.15, 0.2) is 5.78 Å². The quantitative estimate of drug-likeness (QED) is 0.144. The van der Waals surface area contributed by atoms with Crippen molar-refractivity contribution in [3.05, 3.63) is 113 Å². The molecule has 1 aliphatic rings. The molecular weight excluding hydrogens is 541 g/mol. The molecule has 1 atom stereocenters. The molecule has 0 aliphatic carbocycles. The first kappa shape index (κ1) is 28.2. The van der Waals surface area contributed by atoms with E-state index in [4.69, 9.17) is 10.5 Å². The zero-order chi connectivity index (χ0) is 28.8. The van der Waals surface area contributed by atoms with Gasteiger partial charge < -0.3 is 15.8 Å². The first-order valence-corrected chi connectivity index (χ1v) is 14.2. The van der Waals surface area contributed by atoms with Gasteiger partial charge in [-0.05, 0) is 77.2 Å². The third-order valence-corrected chi connectivity index (χ3v) is 8.08. The number of anilines is 1. The average molecular weight is 570 g/mol. The molecule has 0 spiro atoms. The highest BCUT2D eigenvalue weighted by Gasteiger charge is 2.26. The molecule has 1 aliphatic heterocycles. The smallest absolute Gasteiger partial charge is 0.309 e. The lowest BCUT2D eigenvalue weighted by molar-refractivity contribution is -0.140. The lowest BCUT2D eigenvalue weighted by Crippen LogP contribution is -2.12. The van der Waals surface area contributed by atoms with E-state index in [2.05, 4.69) is 10.3 Å². The number of nitrogens with one attached hydrogen (secondary N) is 1. The van der Waals surface area contributed by atoms with Gasteiger partial charge in [-0.3, -0.25) is 19.4 Å². The van der Waals surface area contributed by atoms with Crippen molar-refractivity contribution in [3.63, 3.8) is 0 Å². The van der Waals surface area contributed by atoms with Gasteiger partial charge >= 0.3 is 5.97 Å². The van der Waals surface area contributed by atoms with Gasteiger partial charge in [0, 0.05) is 46.6 Å². The standard InChI is InChI=1S/C32H28FN3O4S/c33-29-18-35-12-10-21(29)16-30(37)22-4-5-24(17-34)28(15-22)20-2-1-3-23(14-20)31(38)36-26-6-8-27(9-7-26)41-19-25-11-13-40-32(25)39/h1-10,12,14-15,18,25H,11,13,16-17,19,34H2,(H,36,38). The van der Waals surface area contributed by atoms with E-state index >= 15 is 0 Å².